The maximum absolute atomic E-state index is 5.68. The van der Waals surface area contributed by atoms with Gasteiger partial charge >= 0.3 is 0 Å². The lowest BCUT2D eigenvalue weighted by molar-refractivity contribution is 0.674. The van der Waals surface area contributed by atoms with Crippen LogP contribution in [0.2, 0.25) is 0 Å². The lowest BCUT2D eigenvalue weighted by atomic mass is 10.2. The summed E-state index contributed by atoms with van der Waals surface area (Å²) >= 11 is 3.49. The van der Waals surface area contributed by atoms with E-state index in [2.05, 4.69) is 28.2 Å². The molecule has 0 heterocycles. The maximum Gasteiger partial charge on any atom is 0.0318 e. The Balaban J connectivity index is 2.59. The molecule has 72 valence electrons. The minimum absolute atomic E-state index is 0.816. The number of hydrogen-bond donors (Lipinski definition) is 2. The van der Waals surface area contributed by atoms with Gasteiger partial charge in [0.05, 0.1) is 0 Å². The van der Waals surface area contributed by atoms with Crippen molar-refractivity contribution in [2.75, 3.05) is 12.3 Å². The number of rotatable bonds is 4. The fourth-order valence-corrected chi connectivity index (χ4v) is 1.52. The third-order valence-corrected chi connectivity index (χ3v) is 2.59. The van der Waals surface area contributed by atoms with Gasteiger partial charge in [-0.25, -0.2) is 0 Å². The summed E-state index contributed by atoms with van der Waals surface area (Å²) < 4.78 is 1.12. The van der Waals surface area contributed by atoms with Crippen LogP contribution < -0.4 is 11.1 Å². The fourth-order valence-electron chi connectivity index (χ4n) is 1.13. The Kier molecular flexibility index (Phi) is 4.25. The zero-order valence-corrected chi connectivity index (χ0v) is 9.39. The lowest BCUT2D eigenvalue weighted by Gasteiger charge is -2.06. The standard InChI is InChI=1S/C10H15BrN2/c1-2-5-13-7-8-6-9(12)3-4-10(8)11/h3-4,6,13H,2,5,7,12H2,1H3. The summed E-state index contributed by atoms with van der Waals surface area (Å²) in [4.78, 5) is 0. The zero-order chi connectivity index (χ0) is 9.68. The second-order valence-corrected chi connectivity index (χ2v) is 3.88. The van der Waals surface area contributed by atoms with E-state index >= 15 is 0 Å². The van der Waals surface area contributed by atoms with Crippen LogP contribution in [0, 0.1) is 0 Å². The quantitative estimate of drug-likeness (QED) is 0.630. The molecule has 0 amide bonds. The summed E-state index contributed by atoms with van der Waals surface area (Å²) in [6.45, 7) is 4.07. The largest absolute Gasteiger partial charge is 0.399 e. The Labute approximate surface area is 87.6 Å². The van der Waals surface area contributed by atoms with Crippen molar-refractivity contribution in [2.45, 2.75) is 19.9 Å². The van der Waals surface area contributed by atoms with Crippen LogP contribution in [0.5, 0.6) is 0 Å². The predicted octanol–water partition coefficient (Wildman–Crippen LogP) is 2.53. The van der Waals surface area contributed by atoms with Crippen molar-refractivity contribution in [2.24, 2.45) is 0 Å². The molecule has 0 atom stereocenters. The number of halogens is 1. The van der Waals surface area contributed by atoms with E-state index in [4.69, 9.17) is 5.73 Å². The Bertz CT molecular complexity index is 274. The molecular formula is C10H15BrN2. The molecule has 13 heavy (non-hydrogen) atoms. The van der Waals surface area contributed by atoms with Crippen molar-refractivity contribution < 1.29 is 0 Å². The molecule has 3 N–H and O–H groups in total. The number of nitrogens with two attached hydrogens (primary N) is 1. The van der Waals surface area contributed by atoms with Gasteiger partial charge in [-0.05, 0) is 36.7 Å². The van der Waals surface area contributed by atoms with Gasteiger partial charge in [0.2, 0.25) is 0 Å². The third-order valence-electron chi connectivity index (χ3n) is 1.81. The number of nitrogens with one attached hydrogen (secondary N) is 1. The van der Waals surface area contributed by atoms with Gasteiger partial charge in [0, 0.05) is 16.7 Å². The molecule has 0 aliphatic rings. The highest BCUT2D eigenvalue weighted by molar-refractivity contribution is 9.10. The summed E-state index contributed by atoms with van der Waals surface area (Å²) in [5.74, 6) is 0. The van der Waals surface area contributed by atoms with E-state index in [-0.39, 0.29) is 0 Å². The molecule has 0 aromatic heterocycles. The number of benzene rings is 1. The Morgan fingerprint density at radius 3 is 2.92 bits per heavy atom. The molecular weight excluding hydrogens is 228 g/mol. The monoisotopic (exact) mass is 242 g/mol. The smallest absolute Gasteiger partial charge is 0.0318 e. The highest BCUT2D eigenvalue weighted by atomic mass is 79.9. The highest BCUT2D eigenvalue weighted by Gasteiger charge is 1.98. The van der Waals surface area contributed by atoms with Crippen LogP contribution in [0.3, 0.4) is 0 Å². The summed E-state index contributed by atoms with van der Waals surface area (Å²) in [5.41, 5.74) is 7.72. The van der Waals surface area contributed by atoms with Gasteiger partial charge in [-0.2, -0.15) is 0 Å². The van der Waals surface area contributed by atoms with Crippen LogP contribution in [0.4, 0.5) is 5.69 Å². The Hall–Kier alpha value is -0.540. The fraction of sp³-hybridized carbons (Fsp3) is 0.400. The summed E-state index contributed by atoms with van der Waals surface area (Å²) in [7, 11) is 0. The highest BCUT2D eigenvalue weighted by Crippen LogP contribution is 2.19. The molecule has 0 spiro atoms. The second-order valence-electron chi connectivity index (χ2n) is 3.03. The molecule has 0 saturated carbocycles. The van der Waals surface area contributed by atoms with Crippen molar-refractivity contribution in [1.82, 2.24) is 5.32 Å². The lowest BCUT2D eigenvalue weighted by Crippen LogP contribution is -2.14. The first-order valence-corrected chi connectivity index (χ1v) is 5.28. The normalized spacial score (nSPS) is 10.3. The maximum atomic E-state index is 5.68. The molecule has 3 heteroatoms. The van der Waals surface area contributed by atoms with Gasteiger partial charge in [-0.1, -0.05) is 22.9 Å². The van der Waals surface area contributed by atoms with Gasteiger partial charge in [0.15, 0.2) is 0 Å². The summed E-state index contributed by atoms with van der Waals surface area (Å²) in [5, 5.41) is 3.33. The molecule has 1 aromatic carbocycles. The molecule has 2 nitrogen and oxygen atoms in total. The van der Waals surface area contributed by atoms with Gasteiger partial charge in [-0.15, -0.1) is 0 Å². The molecule has 0 unspecified atom stereocenters. The van der Waals surface area contributed by atoms with Crippen molar-refractivity contribution in [3.8, 4) is 0 Å². The number of hydrogen-bond acceptors (Lipinski definition) is 2. The van der Waals surface area contributed by atoms with Crippen LogP contribution in [0.15, 0.2) is 22.7 Å². The van der Waals surface area contributed by atoms with Crippen molar-refractivity contribution in [1.29, 1.82) is 0 Å². The van der Waals surface area contributed by atoms with Crippen molar-refractivity contribution >= 4 is 21.6 Å². The average molecular weight is 243 g/mol. The van der Waals surface area contributed by atoms with Crippen LogP contribution in [0.1, 0.15) is 18.9 Å². The van der Waals surface area contributed by atoms with Crippen molar-refractivity contribution in [3.05, 3.63) is 28.2 Å². The van der Waals surface area contributed by atoms with Gasteiger partial charge in [0.1, 0.15) is 0 Å². The number of anilines is 1. The van der Waals surface area contributed by atoms with Crippen LogP contribution in [-0.2, 0) is 6.54 Å². The first-order chi connectivity index (χ1) is 6.24. The summed E-state index contributed by atoms with van der Waals surface area (Å²) in [6.07, 6.45) is 1.15. The SMILES string of the molecule is CCCNCc1cc(N)ccc1Br. The minimum atomic E-state index is 0.816. The Morgan fingerprint density at radius 1 is 1.46 bits per heavy atom. The average Bonchev–Trinajstić information content (AvgIpc) is 2.11. The Morgan fingerprint density at radius 2 is 2.23 bits per heavy atom. The van der Waals surface area contributed by atoms with E-state index in [1.807, 2.05) is 18.2 Å². The molecule has 0 aliphatic carbocycles. The molecule has 0 radical (unpaired) electrons. The van der Waals surface area contributed by atoms with E-state index in [1.54, 1.807) is 0 Å². The number of nitrogen functional groups attached to an aromatic ring is 1. The first-order valence-electron chi connectivity index (χ1n) is 4.48. The third kappa shape index (κ3) is 3.36. The first kappa shape index (κ1) is 10.5. The van der Waals surface area contributed by atoms with Crippen molar-refractivity contribution in [3.63, 3.8) is 0 Å². The van der Waals surface area contributed by atoms with Crippen LogP contribution in [-0.4, -0.2) is 6.54 Å². The van der Waals surface area contributed by atoms with Gasteiger partial charge in [0.25, 0.3) is 0 Å². The summed E-state index contributed by atoms with van der Waals surface area (Å²) in [6, 6.07) is 5.87. The molecule has 1 rings (SSSR count). The molecule has 1 aromatic rings. The van der Waals surface area contributed by atoms with Gasteiger partial charge < -0.3 is 11.1 Å². The van der Waals surface area contributed by atoms with E-state index in [0.717, 1.165) is 29.7 Å². The molecule has 0 fully saturated rings. The van der Waals surface area contributed by atoms with E-state index in [0.29, 0.717) is 0 Å². The molecule has 0 bridgehead atoms. The minimum Gasteiger partial charge on any atom is -0.399 e. The molecule has 0 aliphatic heterocycles. The second kappa shape index (κ2) is 5.25. The van der Waals surface area contributed by atoms with Crippen LogP contribution in [0.25, 0.3) is 0 Å². The van der Waals surface area contributed by atoms with Crippen LogP contribution >= 0.6 is 15.9 Å². The zero-order valence-electron chi connectivity index (χ0n) is 7.81. The van der Waals surface area contributed by atoms with E-state index < -0.39 is 0 Å². The van der Waals surface area contributed by atoms with Gasteiger partial charge in [-0.3, -0.25) is 0 Å². The van der Waals surface area contributed by atoms with E-state index in [1.165, 1.54) is 5.56 Å². The predicted molar refractivity (Wildman–Crippen MR) is 60.6 cm³/mol. The van der Waals surface area contributed by atoms with E-state index in [9.17, 15) is 0 Å². The molecule has 0 saturated heterocycles. The topological polar surface area (TPSA) is 38.0 Å².